The zero-order chi connectivity index (χ0) is 22.7. The van der Waals surface area contributed by atoms with Gasteiger partial charge in [0.25, 0.3) is 5.91 Å². The van der Waals surface area contributed by atoms with E-state index in [0.29, 0.717) is 11.5 Å². The Morgan fingerprint density at radius 1 is 0.969 bits per heavy atom. The van der Waals surface area contributed by atoms with E-state index >= 15 is 0 Å². The molecule has 8 nitrogen and oxygen atoms in total. The van der Waals surface area contributed by atoms with Crippen molar-refractivity contribution >= 4 is 15.9 Å². The molecule has 0 radical (unpaired) electrons. The maximum Gasteiger partial charge on any atom is 0.254 e. The Bertz CT molecular complexity index is 1090. The summed E-state index contributed by atoms with van der Waals surface area (Å²) in [7, 11) is -3.76. The van der Waals surface area contributed by atoms with Crippen LogP contribution < -0.4 is 0 Å². The Morgan fingerprint density at radius 2 is 1.56 bits per heavy atom. The van der Waals surface area contributed by atoms with Gasteiger partial charge in [-0.3, -0.25) is 4.79 Å². The molecular weight excluding hydrogens is 432 g/mol. The summed E-state index contributed by atoms with van der Waals surface area (Å²) in [5.41, 5.74) is 0.276. The molecule has 170 valence electrons. The Balaban J connectivity index is 1.60. The van der Waals surface area contributed by atoms with E-state index in [1.165, 1.54) is 16.4 Å². The van der Waals surface area contributed by atoms with Gasteiger partial charge in [0.2, 0.25) is 10.0 Å². The number of nitrogens with zero attached hydrogens (tertiary/aromatic N) is 2. The second kappa shape index (κ2) is 9.32. The average Bonchev–Trinajstić information content (AvgIpc) is 3.46. The van der Waals surface area contributed by atoms with Crippen molar-refractivity contribution in [2.75, 3.05) is 13.1 Å². The third-order valence-electron chi connectivity index (χ3n) is 5.25. The molecule has 1 aliphatic heterocycles. The number of hydrogen-bond acceptors (Lipinski definition) is 6. The van der Waals surface area contributed by atoms with Gasteiger partial charge in [-0.25, -0.2) is 8.42 Å². The van der Waals surface area contributed by atoms with Crippen LogP contribution in [0.25, 0.3) is 0 Å². The average molecular weight is 459 g/mol. The lowest BCUT2D eigenvalue weighted by molar-refractivity contribution is -0.0440. The minimum absolute atomic E-state index is 0.0839. The van der Waals surface area contributed by atoms with Crippen molar-refractivity contribution in [2.45, 2.75) is 44.0 Å². The topological polar surface area (TPSA) is 93.2 Å². The summed E-state index contributed by atoms with van der Waals surface area (Å²) in [5, 5.41) is 0. The fraction of sp³-hybridized carbons (Fsp3) is 0.348. The Kier molecular flexibility index (Phi) is 6.50. The van der Waals surface area contributed by atoms with Crippen LogP contribution in [-0.2, 0) is 27.8 Å². The summed E-state index contributed by atoms with van der Waals surface area (Å²) in [6.07, 6.45) is 2.69. The van der Waals surface area contributed by atoms with Gasteiger partial charge in [-0.2, -0.15) is 4.31 Å². The van der Waals surface area contributed by atoms with Crippen LogP contribution >= 0.6 is 0 Å². The number of morpholine rings is 1. The van der Waals surface area contributed by atoms with Gasteiger partial charge in [-0.1, -0.05) is 6.07 Å². The van der Waals surface area contributed by atoms with Crippen LogP contribution in [0, 0.1) is 0 Å². The number of carbonyl (C=O) groups excluding carboxylic acids is 1. The number of ether oxygens (including phenoxy) is 1. The fourth-order valence-electron chi connectivity index (χ4n) is 3.83. The number of sulfonamides is 1. The molecule has 0 spiro atoms. The number of furan rings is 2. The van der Waals surface area contributed by atoms with Crippen LogP contribution in [0.3, 0.4) is 0 Å². The third-order valence-corrected chi connectivity index (χ3v) is 7.07. The lowest BCUT2D eigenvalue weighted by Crippen LogP contribution is -2.48. The molecule has 2 aromatic heterocycles. The molecule has 0 saturated carbocycles. The van der Waals surface area contributed by atoms with Crippen LogP contribution in [0.1, 0.15) is 35.7 Å². The summed E-state index contributed by atoms with van der Waals surface area (Å²) in [5.74, 6) is 0.911. The first-order valence-electron chi connectivity index (χ1n) is 10.4. The van der Waals surface area contributed by atoms with Gasteiger partial charge < -0.3 is 18.5 Å². The molecule has 1 aliphatic rings. The summed E-state index contributed by atoms with van der Waals surface area (Å²) >= 11 is 0. The van der Waals surface area contributed by atoms with E-state index in [1.54, 1.807) is 53.8 Å². The van der Waals surface area contributed by atoms with E-state index in [4.69, 9.17) is 13.6 Å². The minimum Gasteiger partial charge on any atom is -0.467 e. The SMILES string of the molecule is CC1CN(S(=O)(=O)c2cccc(C(=O)N(Cc3ccco3)Cc3ccco3)c2)CC(C)O1. The zero-order valence-corrected chi connectivity index (χ0v) is 18.8. The summed E-state index contributed by atoms with van der Waals surface area (Å²) in [6.45, 7) is 4.68. The molecule has 3 heterocycles. The molecule has 1 aromatic carbocycles. The largest absolute Gasteiger partial charge is 0.467 e. The van der Waals surface area contributed by atoms with Gasteiger partial charge in [0.1, 0.15) is 11.5 Å². The molecule has 1 fully saturated rings. The number of carbonyl (C=O) groups is 1. The Hall–Kier alpha value is -2.88. The molecule has 32 heavy (non-hydrogen) atoms. The standard InChI is InChI=1S/C23H26N2O6S/c1-17-13-25(14-18(2)31-17)32(27,28)22-9-3-6-19(12-22)23(26)24(15-20-7-4-10-29-20)16-21-8-5-11-30-21/h3-12,17-18H,13-16H2,1-2H3. The summed E-state index contributed by atoms with van der Waals surface area (Å²) in [6, 6.07) is 13.2. The molecule has 0 bridgehead atoms. The highest BCUT2D eigenvalue weighted by molar-refractivity contribution is 7.89. The van der Waals surface area contributed by atoms with Crippen LogP contribution in [0.15, 0.2) is 74.8 Å². The van der Waals surface area contributed by atoms with Gasteiger partial charge in [-0.05, 0) is 56.3 Å². The highest BCUT2D eigenvalue weighted by Crippen LogP contribution is 2.23. The van der Waals surface area contributed by atoms with Crippen LogP contribution in [0.4, 0.5) is 0 Å². The Labute approximate surface area is 187 Å². The number of hydrogen-bond donors (Lipinski definition) is 0. The van der Waals surface area contributed by atoms with Gasteiger partial charge in [0.05, 0.1) is 42.7 Å². The van der Waals surface area contributed by atoms with Gasteiger partial charge in [-0.15, -0.1) is 0 Å². The first kappa shape index (κ1) is 22.3. The van der Waals surface area contributed by atoms with E-state index in [9.17, 15) is 13.2 Å². The molecule has 3 aromatic rings. The van der Waals surface area contributed by atoms with Crippen molar-refractivity contribution in [2.24, 2.45) is 0 Å². The van der Waals surface area contributed by atoms with Crippen molar-refractivity contribution in [3.8, 4) is 0 Å². The molecule has 4 rings (SSSR count). The first-order chi connectivity index (χ1) is 15.3. The fourth-order valence-corrected chi connectivity index (χ4v) is 5.47. The zero-order valence-electron chi connectivity index (χ0n) is 18.0. The van der Waals surface area contributed by atoms with E-state index in [-0.39, 0.29) is 54.8 Å². The highest BCUT2D eigenvalue weighted by Gasteiger charge is 2.32. The van der Waals surface area contributed by atoms with Crippen molar-refractivity contribution in [1.29, 1.82) is 0 Å². The smallest absolute Gasteiger partial charge is 0.254 e. The minimum atomic E-state index is -3.76. The van der Waals surface area contributed by atoms with Crippen LogP contribution in [-0.4, -0.2) is 48.8 Å². The van der Waals surface area contributed by atoms with E-state index in [1.807, 2.05) is 13.8 Å². The van der Waals surface area contributed by atoms with Crippen LogP contribution in [0.2, 0.25) is 0 Å². The molecule has 2 unspecified atom stereocenters. The first-order valence-corrected chi connectivity index (χ1v) is 11.9. The molecule has 2 atom stereocenters. The van der Waals surface area contributed by atoms with Gasteiger partial charge in [0, 0.05) is 18.7 Å². The molecule has 9 heteroatoms. The second-order valence-electron chi connectivity index (χ2n) is 7.93. The summed E-state index contributed by atoms with van der Waals surface area (Å²) < 4.78 is 44.4. The molecule has 0 aliphatic carbocycles. The lowest BCUT2D eigenvalue weighted by Gasteiger charge is -2.34. The van der Waals surface area contributed by atoms with Gasteiger partial charge >= 0.3 is 0 Å². The number of rotatable bonds is 7. The Morgan fingerprint density at radius 3 is 2.09 bits per heavy atom. The quantitative estimate of drug-likeness (QED) is 0.538. The van der Waals surface area contributed by atoms with E-state index < -0.39 is 10.0 Å². The van der Waals surface area contributed by atoms with E-state index in [0.717, 1.165) is 0 Å². The predicted octanol–water partition coefficient (Wildman–Crippen LogP) is 3.51. The van der Waals surface area contributed by atoms with Crippen molar-refractivity contribution < 1.29 is 26.8 Å². The van der Waals surface area contributed by atoms with Crippen molar-refractivity contribution in [3.05, 3.63) is 78.1 Å². The maximum absolute atomic E-state index is 13.4. The predicted molar refractivity (Wildman–Crippen MR) is 116 cm³/mol. The second-order valence-corrected chi connectivity index (χ2v) is 9.87. The number of amides is 1. The third kappa shape index (κ3) is 4.95. The molecule has 0 N–H and O–H groups in total. The lowest BCUT2D eigenvalue weighted by atomic mass is 10.2. The normalized spacial score (nSPS) is 19.7. The number of benzene rings is 1. The molecule has 1 saturated heterocycles. The van der Waals surface area contributed by atoms with Crippen molar-refractivity contribution in [3.63, 3.8) is 0 Å². The molecular formula is C23H26N2O6S. The summed E-state index contributed by atoms with van der Waals surface area (Å²) in [4.78, 5) is 15.0. The van der Waals surface area contributed by atoms with Crippen molar-refractivity contribution in [1.82, 2.24) is 9.21 Å². The highest BCUT2D eigenvalue weighted by atomic mass is 32.2. The maximum atomic E-state index is 13.4. The monoisotopic (exact) mass is 458 g/mol. The van der Waals surface area contributed by atoms with Crippen LogP contribution in [0.5, 0.6) is 0 Å². The van der Waals surface area contributed by atoms with Gasteiger partial charge in [0.15, 0.2) is 0 Å². The van der Waals surface area contributed by atoms with E-state index in [2.05, 4.69) is 0 Å². The molecule has 1 amide bonds.